The van der Waals surface area contributed by atoms with Gasteiger partial charge in [-0.15, -0.1) is 0 Å². The third-order valence-electron chi connectivity index (χ3n) is 4.82. The van der Waals surface area contributed by atoms with Gasteiger partial charge in [0.25, 0.3) is 0 Å². The zero-order valence-corrected chi connectivity index (χ0v) is 18.1. The average Bonchev–Trinajstić information content (AvgIpc) is 3.13. The van der Waals surface area contributed by atoms with E-state index in [9.17, 15) is 14.4 Å². The van der Waals surface area contributed by atoms with Crippen molar-refractivity contribution in [3.05, 3.63) is 72.3 Å². The van der Waals surface area contributed by atoms with Crippen molar-refractivity contribution in [3.63, 3.8) is 0 Å². The third-order valence-corrected chi connectivity index (χ3v) is 5.90. The minimum absolute atomic E-state index is 0.00465. The van der Waals surface area contributed by atoms with E-state index in [1.807, 2.05) is 42.5 Å². The number of carbonyl (C=O) groups excluding carboxylic acids is 3. The molecule has 2 N–H and O–H groups in total. The monoisotopic (exact) mass is 447 g/mol. The molecule has 162 valence electrons. The number of ether oxygens (including phenoxy) is 1. The highest BCUT2D eigenvalue weighted by Crippen LogP contribution is 2.30. The van der Waals surface area contributed by atoms with E-state index >= 15 is 0 Å². The molecule has 1 fully saturated rings. The van der Waals surface area contributed by atoms with Gasteiger partial charge >= 0.3 is 5.97 Å². The van der Waals surface area contributed by atoms with E-state index in [0.717, 1.165) is 16.5 Å². The molecule has 4 rings (SSSR count). The van der Waals surface area contributed by atoms with Crippen molar-refractivity contribution in [1.29, 1.82) is 0 Å². The van der Waals surface area contributed by atoms with Crippen LogP contribution in [-0.4, -0.2) is 34.8 Å². The number of nitrogens with one attached hydrogen (secondary N) is 2. The van der Waals surface area contributed by atoms with E-state index in [0.29, 0.717) is 23.0 Å². The lowest BCUT2D eigenvalue weighted by Gasteiger charge is -2.08. The number of nitrogens with zero attached hydrogens (tertiary/aromatic N) is 1. The van der Waals surface area contributed by atoms with Crippen LogP contribution in [0.15, 0.2) is 71.7 Å². The first-order valence-corrected chi connectivity index (χ1v) is 11.0. The summed E-state index contributed by atoms with van der Waals surface area (Å²) in [5.41, 5.74) is 1.71. The summed E-state index contributed by atoms with van der Waals surface area (Å²) in [6, 6.07) is 20.1. The lowest BCUT2D eigenvalue weighted by Crippen LogP contribution is -2.28. The highest BCUT2D eigenvalue weighted by Gasteiger charge is 2.32. The summed E-state index contributed by atoms with van der Waals surface area (Å²) in [4.78, 5) is 41.1. The van der Waals surface area contributed by atoms with Crippen molar-refractivity contribution in [2.75, 3.05) is 11.9 Å². The summed E-state index contributed by atoms with van der Waals surface area (Å²) in [6.45, 7) is 2.03. The highest BCUT2D eigenvalue weighted by molar-refractivity contribution is 8.15. The van der Waals surface area contributed by atoms with E-state index in [-0.39, 0.29) is 18.2 Å². The molecule has 8 heteroatoms. The van der Waals surface area contributed by atoms with Crippen LogP contribution in [0.1, 0.15) is 23.7 Å². The third kappa shape index (κ3) is 4.97. The van der Waals surface area contributed by atoms with E-state index in [1.165, 1.54) is 11.8 Å². The molecule has 0 aromatic heterocycles. The predicted octanol–water partition coefficient (Wildman–Crippen LogP) is 4.26. The Morgan fingerprint density at radius 1 is 1.06 bits per heavy atom. The van der Waals surface area contributed by atoms with E-state index in [2.05, 4.69) is 15.6 Å². The van der Waals surface area contributed by atoms with Crippen LogP contribution in [0, 0.1) is 0 Å². The van der Waals surface area contributed by atoms with E-state index in [1.54, 1.807) is 31.2 Å². The molecule has 3 aromatic carbocycles. The number of hydrogen-bond acceptors (Lipinski definition) is 6. The lowest BCUT2D eigenvalue weighted by atomic mass is 10.1. The van der Waals surface area contributed by atoms with Crippen molar-refractivity contribution in [2.45, 2.75) is 18.6 Å². The van der Waals surface area contributed by atoms with Crippen LogP contribution >= 0.6 is 11.8 Å². The molecule has 7 nitrogen and oxygen atoms in total. The van der Waals surface area contributed by atoms with Gasteiger partial charge in [-0.05, 0) is 42.6 Å². The van der Waals surface area contributed by atoms with Crippen molar-refractivity contribution in [1.82, 2.24) is 5.32 Å². The van der Waals surface area contributed by atoms with Crippen molar-refractivity contribution >= 4 is 56.9 Å². The van der Waals surface area contributed by atoms with Crippen LogP contribution < -0.4 is 10.6 Å². The lowest BCUT2D eigenvalue weighted by molar-refractivity contribution is -0.122. The quantitative estimate of drug-likeness (QED) is 0.550. The van der Waals surface area contributed by atoms with Crippen molar-refractivity contribution < 1.29 is 19.1 Å². The Bertz CT molecular complexity index is 1200. The molecule has 1 aliphatic heterocycles. The molecule has 0 saturated carbocycles. The van der Waals surface area contributed by atoms with Gasteiger partial charge in [0.05, 0.1) is 17.9 Å². The maximum atomic E-state index is 12.4. The molecule has 32 heavy (non-hydrogen) atoms. The second-order valence-corrected chi connectivity index (χ2v) is 8.25. The first-order valence-electron chi connectivity index (χ1n) is 10.1. The highest BCUT2D eigenvalue weighted by atomic mass is 32.2. The minimum atomic E-state index is -0.567. The molecular formula is C24H21N3O4S. The maximum absolute atomic E-state index is 12.4. The number of hydrogen-bond donors (Lipinski definition) is 2. The fourth-order valence-corrected chi connectivity index (χ4v) is 4.27. The van der Waals surface area contributed by atoms with Crippen LogP contribution in [0.4, 0.5) is 11.4 Å². The molecular weight excluding hydrogens is 426 g/mol. The molecule has 0 bridgehead atoms. The second-order valence-electron chi connectivity index (χ2n) is 7.06. The molecule has 1 aliphatic rings. The summed E-state index contributed by atoms with van der Waals surface area (Å²) in [5.74, 6) is -0.961. The normalized spacial score (nSPS) is 16.7. The number of benzene rings is 3. The number of amides is 2. The molecule has 0 aliphatic carbocycles. The summed E-state index contributed by atoms with van der Waals surface area (Å²) in [7, 11) is 0. The van der Waals surface area contributed by atoms with Gasteiger partial charge in [0, 0.05) is 17.5 Å². The van der Waals surface area contributed by atoms with Gasteiger partial charge < -0.3 is 15.4 Å². The van der Waals surface area contributed by atoms with Gasteiger partial charge in [-0.2, -0.15) is 0 Å². The Labute approximate surface area is 189 Å². The number of aliphatic imine (C=N–C) groups is 1. The van der Waals surface area contributed by atoms with Gasteiger partial charge in [0.2, 0.25) is 11.8 Å². The van der Waals surface area contributed by atoms with Gasteiger partial charge in [0.15, 0.2) is 5.17 Å². The van der Waals surface area contributed by atoms with Crippen molar-refractivity contribution in [2.24, 2.45) is 4.99 Å². The Morgan fingerprint density at radius 2 is 1.81 bits per heavy atom. The fourth-order valence-electron chi connectivity index (χ4n) is 3.29. The number of esters is 1. The molecule has 1 saturated heterocycles. The Hall–Kier alpha value is -3.65. The van der Waals surface area contributed by atoms with E-state index < -0.39 is 11.2 Å². The first-order chi connectivity index (χ1) is 15.5. The zero-order valence-electron chi connectivity index (χ0n) is 17.3. The predicted molar refractivity (Wildman–Crippen MR) is 126 cm³/mol. The maximum Gasteiger partial charge on any atom is 0.338 e. The van der Waals surface area contributed by atoms with Gasteiger partial charge in [-0.3, -0.25) is 9.59 Å². The zero-order chi connectivity index (χ0) is 22.5. The van der Waals surface area contributed by atoms with E-state index in [4.69, 9.17) is 4.74 Å². The Morgan fingerprint density at radius 3 is 2.59 bits per heavy atom. The summed E-state index contributed by atoms with van der Waals surface area (Å²) in [6.07, 6.45) is 0.00465. The minimum Gasteiger partial charge on any atom is -0.462 e. The number of amidine groups is 1. The molecule has 1 unspecified atom stereocenters. The number of thioether (sulfide) groups is 1. The number of rotatable bonds is 6. The smallest absolute Gasteiger partial charge is 0.338 e. The average molecular weight is 448 g/mol. The molecule has 1 heterocycles. The van der Waals surface area contributed by atoms with Gasteiger partial charge in [-0.25, -0.2) is 9.79 Å². The largest absolute Gasteiger partial charge is 0.462 e. The molecule has 2 amide bonds. The SMILES string of the molecule is CCOC(=O)c1ccc(NC(=O)CC2SC(=Nc3cccc4ccccc34)NC2=O)cc1. The van der Waals surface area contributed by atoms with Crippen LogP contribution in [0.3, 0.4) is 0 Å². The fraction of sp³-hybridized carbons (Fsp3) is 0.167. The van der Waals surface area contributed by atoms with Gasteiger partial charge in [0.1, 0.15) is 5.25 Å². The molecule has 0 radical (unpaired) electrons. The summed E-state index contributed by atoms with van der Waals surface area (Å²) < 4.78 is 4.94. The second kappa shape index (κ2) is 9.65. The van der Waals surface area contributed by atoms with Crippen LogP contribution in [0.2, 0.25) is 0 Å². The number of anilines is 1. The Kier molecular flexibility index (Phi) is 6.51. The summed E-state index contributed by atoms with van der Waals surface area (Å²) in [5, 5.41) is 7.47. The molecule has 1 atom stereocenters. The standard InChI is InChI=1S/C24H21N3O4S/c1-2-31-23(30)16-10-12-17(13-11-16)25-21(28)14-20-22(29)27-24(32-20)26-19-9-5-7-15-6-3-4-8-18(15)19/h3-13,20H,2,14H2,1H3,(H,25,28)(H,26,27,29). The molecule has 3 aromatic rings. The first kappa shape index (κ1) is 21.6. The van der Waals surface area contributed by atoms with Gasteiger partial charge in [-0.1, -0.05) is 48.2 Å². The topological polar surface area (TPSA) is 96.9 Å². The molecule has 0 spiro atoms. The number of fused-ring (bicyclic) bond motifs is 1. The van der Waals surface area contributed by atoms with Crippen molar-refractivity contribution in [3.8, 4) is 0 Å². The Balaban J connectivity index is 1.39. The van der Waals surface area contributed by atoms with Crippen LogP contribution in [0.5, 0.6) is 0 Å². The summed E-state index contributed by atoms with van der Waals surface area (Å²) >= 11 is 1.24. The van der Waals surface area contributed by atoms with Crippen LogP contribution in [-0.2, 0) is 14.3 Å². The van der Waals surface area contributed by atoms with Crippen LogP contribution in [0.25, 0.3) is 10.8 Å². The number of carbonyl (C=O) groups is 3.